The molecule has 0 bridgehead atoms. The third-order valence-electron chi connectivity index (χ3n) is 1.87. The summed E-state index contributed by atoms with van der Waals surface area (Å²) in [5.41, 5.74) is 5.03. The molecule has 0 heterocycles. The lowest BCUT2D eigenvalue weighted by Gasteiger charge is -2.39. The van der Waals surface area contributed by atoms with Crippen LogP contribution in [0.4, 0.5) is 0 Å². The number of hydrogen-bond acceptors (Lipinski definition) is 3. The fourth-order valence-corrected chi connectivity index (χ4v) is 1.33. The molecule has 0 amide bonds. The number of rotatable bonds is 2. The van der Waals surface area contributed by atoms with Gasteiger partial charge in [-0.05, 0) is 13.8 Å². The van der Waals surface area contributed by atoms with Crippen molar-refractivity contribution < 1.29 is 4.74 Å². The van der Waals surface area contributed by atoms with Crippen molar-refractivity contribution in [3.8, 4) is 6.07 Å². The standard InChI is InChI=1S/C8H14N2O/c1-6(2)11-7-3-8(10,4-7)5-9/h6-7H,3-4,10H2,1-2H3. The van der Waals surface area contributed by atoms with Crippen LogP contribution in [-0.4, -0.2) is 17.7 Å². The van der Waals surface area contributed by atoms with Gasteiger partial charge in [0.1, 0.15) is 5.54 Å². The smallest absolute Gasteiger partial charge is 0.109 e. The van der Waals surface area contributed by atoms with Crippen molar-refractivity contribution in [3.05, 3.63) is 0 Å². The molecule has 0 unspecified atom stereocenters. The summed E-state index contributed by atoms with van der Waals surface area (Å²) in [5, 5.41) is 8.57. The lowest BCUT2D eigenvalue weighted by Crippen LogP contribution is -2.54. The molecule has 0 spiro atoms. The van der Waals surface area contributed by atoms with Gasteiger partial charge in [-0.2, -0.15) is 5.26 Å². The molecule has 3 nitrogen and oxygen atoms in total. The highest BCUT2D eigenvalue weighted by Crippen LogP contribution is 2.32. The minimum atomic E-state index is -0.598. The Balaban J connectivity index is 2.25. The Morgan fingerprint density at radius 2 is 2.18 bits per heavy atom. The molecule has 1 fully saturated rings. The van der Waals surface area contributed by atoms with Crippen molar-refractivity contribution in [3.63, 3.8) is 0 Å². The zero-order valence-electron chi connectivity index (χ0n) is 7.00. The first-order valence-electron chi connectivity index (χ1n) is 3.91. The topological polar surface area (TPSA) is 59.0 Å². The van der Waals surface area contributed by atoms with E-state index in [9.17, 15) is 0 Å². The summed E-state index contributed by atoms with van der Waals surface area (Å²) in [6.07, 6.45) is 1.81. The summed E-state index contributed by atoms with van der Waals surface area (Å²) in [4.78, 5) is 0. The van der Waals surface area contributed by atoms with Gasteiger partial charge in [0.15, 0.2) is 0 Å². The average molecular weight is 154 g/mol. The molecule has 0 aromatic carbocycles. The van der Waals surface area contributed by atoms with Gasteiger partial charge in [-0.1, -0.05) is 0 Å². The molecule has 0 radical (unpaired) electrons. The molecule has 0 saturated heterocycles. The van der Waals surface area contributed by atoms with E-state index in [1.165, 1.54) is 0 Å². The maximum absolute atomic E-state index is 8.57. The second kappa shape index (κ2) is 2.80. The number of nitrogens with two attached hydrogens (primary N) is 1. The summed E-state index contributed by atoms with van der Waals surface area (Å²) in [5.74, 6) is 0. The highest BCUT2D eigenvalue weighted by Gasteiger charge is 2.42. The van der Waals surface area contributed by atoms with E-state index in [4.69, 9.17) is 15.7 Å². The van der Waals surface area contributed by atoms with E-state index in [2.05, 4.69) is 6.07 Å². The zero-order valence-corrected chi connectivity index (χ0v) is 7.00. The largest absolute Gasteiger partial charge is 0.375 e. The maximum atomic E-state index is 8.57. The fourth-order valence-electron chi connectivity index (χ4n) is 1.33. The van der Waals surface area contributed by atoms with Gasteiger partial charge in [-0.25, -0.2) is 0 Å². The van der Waals surface area contributed by atoms with E-state index in [1.807, 2.05) is 13.8 Å². The summed E-state index contributed by atoms with van der Waals surface area (Å²) in [7, 11) is 0. The van der Waals surface area contributed by atoms with E-state index < -0.39 is 5.54 Å². The molecule has 0 aromatic rings. The molecule has 1 saturated carbocycles. The third kappa shape index (κ3) is 1.92. The molecule has 1 aliphatic rings. The van der Waals surface area contributed by atoms with Crippen LogP contribution in [0.5, 0.6) is 0 Å². The van der Waals surface area contributed by atoms with Gasteiger partial charge in [-0.15, -0.1) is 0 Å². The van der Waals surface area contributed by atoms with Crippen molar-refractivity contribution in [2.75, 3.05) is 0 Å². The first kappa shape index (κ1) is 8.51. The lowest BCUT2D eigenvalue weighted by molar-refractivity contribution is -0.0580. The number of ether oxygens (including phenoxy) is 1. The second-order valence-corrected chi connectivity index (χ2v) is 3.48. The van der Waals surface area contributed by atoms with Gasteiger partial charge < -0.3 is 10.5 Å². The van der Waals surface area contributed by atoms with Gasteiger partial charge >= 0.3 is 0 Å². The number of nitriles is 1. The molecular weight excluding hydrogens is 140 g/mol. The van der Waals surface area contributed by atoms with Gasteiger partial charge in [0.25, 0.3) is 0 Å². The van der Waals surface area contributed by atoms with E-state index >= 15 is 0 Å². The van der Waals surface area contributed by atoms with Gasteiger partial charge in [0.05, 0.1) is 18.3 Å². The zero-order chi connectivity index (χ0) is 8.48. The van der Waals surface area contributed by atoms with E-state index in [-0.39, 0.29) is 12.2 Å². The van der Waals surface area contributed by atoms with Crippen LogP contribution in [0.25, 0.3) is 0 Å². The Kier molecular flexibility index (Phi) is 2.17. The molecule has 2 N–H and O–H groups in total. The van der Waals surface area contributed by atoms with Crippen LogP contribution in [-0.2, 0) is 4.74 Å². The van der Waals surface area contributed by atoms with Crippen molar-refractivity contribution in [2.24, 2.45) is 5.73 Å². The Morgan fingerprint density at radius 3 is 2.55 bits per heavy atom. The van der Waals surface area contributed by atoms with Crippen LogP contribution in [0.1, 0.15) is 26.7 Å². The first-order valence-corrected chi connectivity index (χ1v) is 3.91. The Bertz CT molecular complexity index is 177. The molecule has 62 valence electrons. The molecule has 0 aliphatic heterocycles. The van der Waals surface area contributed by atoms with Crippen molar-refractivity contribution in [2.45, 2.75) is 44.4 Å². The molecular formula is C8H14N2O. The van der Waals surface area contributed by atoms with Crippen LogP contribution in [0.15, 0.2) is 0 Å². The highest BCUT2D eigenvalue weighted by molar-refractivity contribution is 5.14. The van der Waals surface area contributed by atoms with Gasteiger partial charge in [0, 0.05) is 12.8 Å². The summed E-state index contributed by atoms with van der Waals surface area (Å²) in [6, 6.07) is 2.08. The van der Waals surface area contributed by atoms with Crippen LogP contribution < -0.4 is 5.73 Å². The normalized spacial score (nSPS) is 36.5. The first-order chi connectivity index (χ1) is 5.06. The lowest BCUT2D eigenvalue weighted by atomic mass is 9.76. The number of hydrogen-bond donors (Lipinski definition) is 1. The minimum absolute atomic E-state index is 0.208. The highest BCUT2D eigenvalue weighted by atomic mass is 16.5. The Morgan fingerprint density at radius 1 is 1.64 bits per heavy atom. The van der Waals surface area contributed by atoms with Crippen molar-refractivity contribution >= 4 is 0 Å². The predicted molar refractivity (Wildman–Crippen MR) is 41.8 cm³/mol. The fraction of sp³-hybridized carbons (Fsp3) is 0.875. The Labute approximate surface area is 67.1 Å². The maximum Gasteiger partial charge on any atom is 0.109 e. The third-order valence-corrected chi connectivity index (χ3v) is 1.87. The SMILES string of the molecule is CC(C)OC1CC(N)(C#N)C1. The van der Waals surface area contributed by atoms with Crippen LogP contribution >= 0.6 is 0 Å². The van der Waals surface area contributed by atoms with Gasteiger partial charge in [0.2, 0.25) is 0 Å². The van der Waals surface area contributed by atoms with E-state index in [1.54, 1.807) is 0 Å². The molecule has 1 aliphatic carbocycles. The molecule has 0 atom stereocenters. The second-order valence-electron chi connectivity index (χ2n) is 3.48. The number of nitrogens with zero attached hydrogens (tertiary/aromatic N) is 1. The van der Waals surface area contributed by atoms with Crippen molar-refractivity contribution in [1.29, 1.82) is 5.26 Å². The molecule has 11 heavy (non-hydrogen) atoms. The Hall–Kier alpha value is -0.590. The summed E-state index contributed by atoms with van der Waals surface area (Å²) >= 11 is 0. The monoisotopic (exact) mass is 154 g/mol. The van der Waals surface area contributed by atoms with Gasteiger partial charge in [-0.3, -0.25) is 0 Å². The minimum Gasteiger partial charge on any atom is -0.375 e. The predicted octanol–water partition coefficient (Wildman–Crippen LogP) is 0.795. The molecule has 0 aromatic heterocycles. The summed E-state index contributed by atoms with van der Waals surface area (Å²) in [6.45, 7) is 3.98. The molecule has 3 heteroatoms. The average Bonchev–Trinajstić information content (AvgIpc) is 1.83. The van der Waals surface area contributed by atoms with E-state index in [0.29, 0.717) is 12.8 Å². The quantitative estimate of drug-likeness (QED) is 0.639. The van der Waals surface area contributed by atoms with Crippen LogP contribution in [0.3, 0.4) is 0 Å². The van der Waals surface area contributed by atoms with Crippen molar-refractivity contribution in [1.82, 2.24) is 0 Å². The molecule has 1 rings (SSSR count). The van der Waals surface area contributed by atoms with Crippen LogP contribution in [0.2, 0.25) is 0 Å². The van der Waals surface area contributed by atoms with E-state index in [0.717, 1.165) is 0 Å². The van der Waals surface area contributed by atoms with Crippen LogP contribution in [0, 0.1) is 11.3 Å². The summed E-state index contributed by atoms with van der Waals surface area (Å²) < 4.78 is 5.45.